The highest BCUT2D eigenvalue weighted by Gasteiger charge is 2.21. The highest BCUT2D eigenvalue weighted by molar-refractivity contribution is 5.70. The van der Waals surface area contributed by atoms with Crippen molar-refractivity contribution in [2.24, 2.45) is 0 Å². The van der Waals surface area contributed by atoms with Crippen LogP contribution in [0.3, 0.4) is 0 Å². The van der Waals surface area contributed by atoms with Crippen LogP contribution in [0, 0.1) is 0 Å². The molecule has 0 N–H and O–H groups in total. The number of rotatable bonds is 3. The monoisotopic (exact) mass is 208 g/mol. The Morgan fingerprint density at radius 3 is 3.20 bits per heavy atom. The summed E-state index contributed by atoms with van der Waals surface area (Å²) in [4.78, 5) is 12.9. The maximum absolute atomic E-state index is 10.5. The predicted molar refractivity (Wildman–Crippen MR) is 55.8 cm³/mol. The molecule has 5 heteroatoms. The third-order valence-corrected chi connectivity index (χ3v) is 2.95. The first kappa shape index (κ1) is 10.3. The number of hydrogen-bond acceptors (Lipinski definition) is 4. The summed E-state index contributed by atoms with van der Waals surface area (Å²) < 4.78 is 1.82. The summed E-state index contributed by atoms with van der Waals surface area (Å²) in [6.07, 6.45) is 4.79. The first-order valence-corrected chi connectivity index (χ1v) is 5.43. The number of aromatic nitrogens is 3. The summed E-state index contributed by atoms with van der Waals surface area (Å²) in [6, 6.07) is 0.375. The van der Waals surface area contributed by atoms with E-state index in [2.05, 4.69) is 22.1 Å². The van der Waals surface area contributed by atoms with Crippen molar-refractivity contribution in [2.45, 2.75) is 25.8 Å². The average molecular weight is 208 g/mol. The molecule has 0 bridgehead atoms. The number of piperidine rings is 1. The number of likely N-dealkylation sites (N-methyl/N-ethyl adjacent to an activating group) is 1. The number of aldehydes is 1. The first-order valence-electron chi connectivity index (χ1n) is 5.43. The Labute approximate surface area is 89.1 Å². The maximum Gasteiger partial charge on any atom is 0.171 e. The molecule has 0 aliphatic carbocycles. The molecule has 82 valence electrons. The summed E-state index contributed by atoms with van der Waals surface area (Å²) in [5.41, 5.74) is 0.420. The van der Waals surface area contributed by atoms with Gasteiger partial charge in [0.1, 0.15) is 5.69 Å². The molecule has 1 fully saturated rings. The van der Waals surface area contributed by atoms with Crippen LogP contribution in [0.5, 0.6) is 0 Å². The van der Waals surface area contributed by atoms with Gasteiger partial charge in [0, 0.05) is 6.54 Å². The van der Waals surface area contributed by atoms with Crippen LogP contribution in [0.25, 0.3) is 0 Å². The molecule has 0 radical (unpaired) electrons. The Morgan fingerprint density at radius 1 is 1.67 bits per heavy atom. The third-order valence-electron chi connectivity index (χ3n) is 2.95. The number of likely N-dealkylation sites (tertiary alicyclic amines) is 1. The summed E-state index contributed by atoms with van der Waals surface area (Å²) in [5.74, 6) is 0. The van der Waals surface area contributed by atoms with Crippen LogP contribution in [0.1, 0.15) is 36.3 Å². The Kier molecular flexibility index (Phi) is 3.11. The predicted octanol–water partition coefficient (Wildman–Crippen LogP) is 0.747. The van der Waals surface area contributed by atoms with Crippen LogP contribution in [-0.2, 0) is 0 Å². The Hall–Kier alpha value is -1.23. The molecule has 0 amide bonds. The largest absolute Gasteiger partial charge is 0.301 e. The molecule has 1 aliphatic heterocycles. The van der Waals surface area contributed by atoms with Gasteiger partial charge in [0.2, 0.25) is 0 Å². The van der Waals surface area contributed by atoms with Crippen molar-refractivity contribution in [3.63, 3.8) is 0 Å². The Balaban J connectivity index is 2.06. The first-order chi connectivity index (χ1) is 7.33. The lowest BCUT2D eigenvalue weighted by molar-refractivity contribution is 0.111. The van der Waals surface area contributed by atoms with E-state index in [-0.39, 0.29) is 0 Å². The second-order valence-corrected chi connectivity index (χ2v) is 3.93. The van der Waals surface area contributed by atoms with E-state index in [9.17, 15) is 4.79 Å². The molecule has 5 nitrogen and oxygen atoms in total. The smallest absolute Gasteiger partial charge is 0.171 e. The van der Waals surface area contributed by atoms with Crippen molar-refractivity contribution < 1.29 is 4.79 Å². The molecule has 1 aliphatic rings. The fourth-order valence-electron chi connectivity index (χ4n) is 2.06. The lowest BCUT2D eigenvalue weighted by Crippen LogP contribution is -2.36. The fourth-order valence-corrected chi connectivity index (χ4v) is 2.06. The quantitative estimate of drug-likeness (QED) is 0.688. The molecule has 1 atom stereocenters. The molecule has 1 aromatic heterocycles. The van der Waals surface area contributed by atoms with E-state index in [1.54, 1.807) is 6.20 Å². The lowest BCUT2D eigenvalue weighted by atomic mass is 10.1. The van der Waals surface area contributed by atoms with Crippen LogP contribution >= 0.6 is 0 Å². The molecular weight excluding hydrogens is 192 g/mol. The number of hydrogen-bond donors (Lipinski definition) is 0. The molecule has 0 spiro atoms. The molecule has 15 heavy (non-hydrogen) atoms. The van der Waals surface area contributed by atoms with Gasteiger partial charge in [0.25, 0.3) is 0 Å². The minimum atomic E-state index is 0.375. The summed E-state index contributed by atoms with van der Waals surface area (Å²) in [6.45, 7) is 5.42. The molecule has 1 saturated heterocycles. The van der Waals surface area contributed by atoms with Crippen molar-refractivity contribution in [1.29, 1.82) is 0 Å². The zero-order chi connectivity index (χ0) is 10.7. The second-order valence-electron chi connectivity index (χ2n) is 3.93. The van der Waals surface area contributed by atoms with E-state index in [4.69, 9.17) is 0 Å². The van der Waals surface area contributed by atoms with Gasteiger partial charge in [0.05, 0.1) is 12.2 Å². The van der Waals surface area contributed by atoms with Crippen LogP contribution in [0.4, 0.5) is 0 Å². The van der Waals surface area contributed by atoms with Gasteiger partial charge in [-0.3, -0.25) is 4.79 Å². The molecule has 0 saturated carbocycles. The van der Waals surface area contributed by atoms with Crippen LogP contribution in [-0.4, -0.2) is 45.8 Å². The third kappa shape index (κ3) is 2.23. The summed E-state index contributed by atoms with van der Waals surface area (Å²) >= 11 is 0. The molecule has 1 aromatic rings. The second kappa shape index (κ2) is 4.53. The number of carbonyl (C=O) groups is 1. The van der Waals surface area contributed by atoms with Crippen LogP contribution in [0.2, 0.25) is 0 Å². The van der Waals surface area contributed by atoms with Gasteiger partial charge in [-0.2, -0.15) is 0 Å². The van der Waals surface area contributed by atoms with Crippen molar-refractivity contribution in [1.82, 2.24) is 19.9 Å². The maximum atomic E-state index is 10.5. The van der Waals surface area contributed by atoms with E-state index in [1.165, 1.54) is 13.0 Å². The van der Waals surface area contributed by atoms with E-state index >= 15 is 0 Å². The average Bonchev–Trinajstić information content (AvgIpc) is 2.78. The summed E-state index contributed by atoms with van der Waals surface area (Å²) in [5, 5.41) is 7.78. The number of nitrogens with zero attached hydrogens (tertiary/aromatic N) is 4. The van der Waals surface area contributed by atoms with E-state index in [1.807, 2.05) is 4.68 Å². The van der Waals surface area contributed by atoms with Crippen molar-refractivity contribution in [3.05, 3.63) is 11.9 Å². The SMILES string of the molecule is CCN1CCC[C@H](n2cc(C=O)nn2)C1. The van der Waals surface area contributed by atoms with Crippen LogP contribution < -0.4 is 0 Å². The molecule has 2 rings (SSSR count). The minimum Gasteiger partial charge on any atom is -0.301 e. The van der Waals surface area contributed by atoms with Gasteiger partial charge in [-0.25, -0.2) is 4.68 Å². The van der Waals surface area contributed by atoms with E-state index in [0.717, 1.165) is 25.8 Å². The van der Waals surface area contributed by atoms with Gasteiger partial charge < -0.3 is 4.90 Å². The van der Waals surface area contributed by atoms with Gasteiger partial charge in [-0.15, -0.1) is 5.10 Å². The fraction of sp³-hybridized carbons (Fsp3) is 0.700. The van der Waals surface area contributed by atoms with E-state index < -0.39 is 0 Å². The molecule has 2 heterocycles. The Morgan fingerprint density at radius 2 is 2.53 bits per heavy atom. The highest BCUT2D eigenvalue weighted by atomic mass is 16.1. The molecule has 0 aromatic carbocycles. The van der Waals surface area contributed by atoms with Gasteiger partial charge in [0.15, 0.2) is 6.29 Å². The highest BCUT2D eigenvalue weighted by Crippen LogP contribution is 2.19. The molecular formula is C10H16N4O. The minimum absolute atomic E-state index is 0.375. The van der Waals surface area contributed by atoms with Gasteiger partial charge in [-0.05, 0) is 25.9 Å². The topological polar surface area (TPSA) is 51.0 Å². The van der Waals surface area contributed by atoms with Crippen molar-refractivity contribution >= 4 is 6.29 Å². The van der Waals surface area contributed by atoms with Gasteiger partial charge in [-0.1, -0.05) is 12.1 Å². The van der Waals surface area contributed by atoms with Gasteiger partial charge >= 0.3 is 0 Å². The zero-order valence-electron chi connectivity index (χ0n) is 8.96. The van der Waals surface area contributed by atoms with Crippen LogP contribution in [0.15, 0.2) is 6.20 Å². The Bertz CT molecular complexity index is 336. The summed E-state index contributed by atoms with van der Waals surface area (Å²) in [7, 11) is 0. The standard InChI is InChI=1S/C10H16N4O/c1-2-13-5-3-4-10(7-13)14-6-9(8-15)11-12-14/h6,8,10H,2-5,7H2,1H3/t10-/m0/s1. The lowest BCUT2D eigenvalue weighted by Gasteiger charge is -2.31. The zero-order valence-corrected chi connectivity index (χ0v) is 8.96. The van der Waals surface area contributed by atoms with Crippen molar-refractivity contribution in [3.8, 4) is 0 Å². The number of carbonyl (C=O) groups excluding carboxylic acids is 1. The van der Waals surface area contributed by atoms with Crippen molar-refractivity contribution in [2.75, 3.05) is 19.6 Å². The normalized spacial score (nSPS) is 22.9. The van der Waals surface area contributed by atoms with E-state index in [0.29, 0.717) is 11.7 Å². The molecule has 0 unspecified atom stereocenters.